The lowest BCUT2D eigenvalue weighted by Crippen LogP contribution is -2.27. The molecule has 1 N–H and O–H groups in total. The van der Waals surface area contributed by atoms with Gasteiger partial charge in [0.05, 0.1) is 17.3 Å². The highest BCUT2D eigenvalue weighted by atomic mass is 19.4. The van der Waals surface area contributed by atoms with Crippen LogP contribution < -0.4 is 5.32 Å². The van der Waals surface area contributed by atoms with Crippen LogP contribution in [0, 0.1) is 12.8 Å². The smallest absolute Gasteiger partial charge is 0.308 e. The molecule has 0 aliphatic carbocycles. The van der Waals surface area contributed by atoms with E-state index in [9.17, 15) is 13.2 Å². The Balaban J connectivity index is 0.000000335. The molecule has 174 valence electrons. The standard InChI is InChI=1S/C17H22N2.C8H7F3.C2H6/c1-14(2)13-19-17(16-10-6-7-11-18-16)12-15-8-4-3-5-9-15;1-6-3-2-4-7(5-6)8(9,10)11;1-2/h3-11,14,17,19H,12-13H2,1-2H3;2-5H,1H3;1-2H3. The number of aryl methyl sites for hydroxylation is 1. The van der Waals surface area contributed by atoms with Crippen molar-refractivity contribution in [3.05, 3.63) is 101 Å². The number of rotatable bonds is 6. The van der Waals surface area contributed by atoms with Gasteiger partial charge in [-0.1, -0.05) is 87.9 Å². The van der Waals surface area contributed by atoms with Gasteiger partial charge in [0.2, 0.25) is 0 Å². The van der Waals surface area contributed by atoms with Gasteiger partial charge in [0.1, 0.15) is 0 Å². The predicted molar refractivity (Wildman–Crippen MR) is 127 cm³/mol. The van der Waals surface area contributed by atoms with Crippen molar-refractivity contribution in [2.24, 2.45) is 5.92 Å². The predicted octanol–water partition coefficient (Wildman–Crippen LogP) is 7.65. The summed E-state index contributed by atoms with van der Waals surface area (Å²) in [5, 5.41) is 3.62. The van der Waals surface area contributed by atoms with Crippen LogP contribution in [0.15, 0.2) is 79.0 Å². The second-order valence-electron chi connectivity index (χ2n) is 7.67. The third-order valence-corrected chi connectivity index (χ3v) is 4.45. The van der Waals surface area contributed by atoms with Crippen LogP contribution >= 0.6 is 0 Å². The van der Waals surface area contributed by atoms with Gasteiger partial charge in [-0.2, -0.15) is 13.2 Å². The van der Waals surface area contributed by atoms with E-state index in [4.69, 9.17) is 0 Å². The van der Waals surface area contributed by atoms with E-state index in [0.717, 1.165) is 30.8 Å². The zero-order chi connectivity index (χ0) is 24.0. The summed E-state index contributed by atoms with van der Waals surface area (Å²) in [6, 6.07) is 22.2. The second-order valence-corrected chi connectivity index (χ2v) is 7.67. The fourth-order valence-electron chi connectivity index (χ4n) is 2.91. The zero-order valence-corrected chi connectivity index (χ0v) is 19.7. The van der Waals surface area contributed by atoms with Gasteiger partial charge in [0, 0.05) is 6.20 Å². The fraction of sp³-hybridized carbons (Fsp3) is 0.370. The maximum atomic E-state index is 12.0. The topological polar surface area (TPSA) is 24.9 Å². The molecule has 1 aromatic heterocycles. The molecule has 0 fully saturated rings. The minimum atomic E-state index is -4.22. The minimum Gasteiger partial charge on any atom is -0.308 e. The lowest BCUT2D eigenvalue weighted by Gasteiger charge is -2.19. The largest absolute Gasteiger partial charge is 0.416 e. The molecule has 3 rings (SSSR count). The van der Waals surface area contributed by atoms with Gasteiger partial charge in [-0.15, -0.1) is 0 Å². The summed E-state index contributed by atoms with van der Waals surface area (Å²) in [5.74, 6) is 0.641. The number of aromatic nitrogens is 1. The summed E-state index contributed by atoms with van der Waals surface area (Å²) in [6.45, 7) is 11.1. The molecule has 3 aromatic rings. The van der Waals surface area contributed by atoms with Crippen LogP contribution in [0.4, 0.5) is 13.2 Å². The van der Waals surface area contributed by atoms with E-state index in [1.165, 1.54) is 11.6 Å². The average Bonchev–Trinajstić information content (AvgIpc) is 2.79. The number of hydrogen-bond acceptors (Lipinski definition) is 2. The second kappa shape index (κ2) is 14.4. The molecule has 0 saturated carbocycles. The lowest BCUT2D eigenvalue weighted by atomic mass is 10.0. The van der Waals surface area contributed by atoms with Crippen molar-refractivity contribution in [3.63, 3.8) is 0 Å². The quantitative estimate of drug-likeness (QED) is 0.422. The SMILES string of the molecule is CC.CC(C)CNC(Cc1ccccc1)c1ccccn1.Cc1cccc(C(F)(F)F)c1. The number of pyridine rings is 1. The first-order valence-corrected chi connectivity index (χ1v) is 11.1. The fourth-order valence-corrected chi connectivity index (χ4v) is 2.91. The van der Waals surface area contributed by atoms with Gasteiger partial charge >= 0.3 is 6.18 Å². The highest BCUT2D eigenvalue weighted by molar-refractivity contribution is 5.24. The molecule has 32 heavy (non-hydrogen) atoms. The molecule has 5 heteroatoms. The normalized spacial score (nSPS) is 11.7. The number of nitrogens with one attached hydrogen (secondary N) is 1. The molecule has 0 bridgehead atoms. The molecule has 1 atom stereocenters. The van der Waals surface area contributed by atoms with E-state index >= 15 is 0 Å². The van der Waals surface area contributed by atoms with E-state index in [0.29, 0.717) is 11.5 Å². The summed E-state index contributed by atoms with van der Waals surface area (Å²) in [5.41, 5.74) is 2.50. The maximum absolute atomic E-state index is 12.0. The molecular weight excluding hydrogens is 409 g/mol. The Hall–Kier alpha value is -2.66. The first kappa shape index (κ1) is 27.4. The summed E-state index contributed by atoms with van der Waals surface area (Å²) in [7, 11) is 0. The maximum Gasteiger partial charge on any atom is 0.416 e. The highest BCUT2D eigenvalue weighted by Gasteiger charge is 2.29. The van der Waals surface area contributed by atoms with E-state index in [-0.39, 0.29) is 6.04 Å². The molecule has 0 radical (unpaired) electrons. The van der Waals surface area contributed by atoms with Gasteiger partial charge in [0.15, 0.2) is 0 Å². The third kappa shape index (κ3) is 10.6. The monoisotopic (exact) mass is 444 g/mol. The molecule has 0 saturated heterocycles. The Labute approximate surface area is 190 Å². The first-order chi connectivity index (χ1) is 15.3. The van der Waals surface area contributed by atoms with Crippen molar-refractivity contribution in [3.8, 4) is 0 Å². The summed E-state index contributed by atoms with van der Waals surface area (Å²) >= 11 is 0. The van der Waals surface area contributed by atoms with Crippen molar-refractivity contribution < 1.29 is 13.2 Å². The Kier molecular flexibility index (Phi) is 12.3. The Morgan fingerprint density at radius 2 is 1.53 bits per heavy atom. The molecule has 0 aliphatic heterocycles. The van der Waals surface area contributed by atoms with Crippen LogP contribution in [0.5, 0.6) is 0 Å². The number of alkyl halides is 3. The van der Waals surface area contributed by atoms with Crippen molar-refractivity contribution in [2.45, 2.75) is 53.3 Å². The van der Waals surface area contributed by atoms with Crippen LogP contribution in [0.3, 0.4) is 0 Å². The summed E-state index contributed by atoms with van der Waals surface area (Å²) in [6.07, 6.45) is -1.37. The molecule has 0 spiro atoms. The van der Waals surface area contributed by atoms with Crippen molar-refractivity contribution >= 4 is 0 Å². The number of hydrogen-bond donors (Lipinski definition) is 1. The first-order valence-electron chi connectivity index (χ1n) is 11.1. The van der Waals surface area contributed by atoms with E-state index in [1.54, 1.807) is 13.0 Å². The number of benzene rings is 2. The molecule has 2 aromatic carbocycles. The van der Waals surface area contributed by atoms with Gasteiger partial charge in [-0.3, -0.25) is 4.98 Å². The van der Waals surface area contributed by atoms with E-state index < -0.39 is 11.7 Å². The Morgan fingerprint density at radius 3 is 2.03 bits per heavy atom. The van der Waals surface area contributed by atoms with Crippen molar-refractivity contribution in [1.82, 2.24) is 10.3 Å². The molecule has 0 amide bonds. The van der Waals surface area contributed by atoms with Crippen LogP contribution in [0.1, 0.15) is 56.1 Å². The molecule has 1 heterocycles. The van der Waals surface area contributed by atoms with Gasteiger partial charge in [-0.05, 0) is 49.6 Å². The van der Waals surface area contributed by atoms with Crippen LogP contribution in [0.2, 0.25) is 0 Å². The summed E-state index contributed by atoms with van der Waals surface area (Å²) in [4.78, 5) is 4.49. The molecule has 1 unspecified atom stereocenters. The third-order valence-electron chi connectivity index (χ3n) is 4.45. The Bertz CT molecular complexity index is 863. The Morgan fingerprint density at radius 1 is 0.875 bits per heavy atom. The van der Waals surface area contributed by atoms with E-state index in [2.05, 4.69) is 66.6 Å². The molecule has 2 nitrogen and oxygen atoms in total. The average molecular weight is 445 g/mol. The van der Waals surface area contributed by atoms with Gasteiger partial charge in [-0.25, -0.2) is 0 Å². The van der Waals surface area contributed by atoms with Crippen LogP contribution in [-0.4, -0.2) is 11.5 Å². The number of nitrogens with zero attached hydrogens (tertiary/aromatic N) is 1. The summed E-state index contributed by atoms with van der Waals surface area (Å²) < 4.78 is 35.9. The van der Waals surface area contributed by atoms with Crippen molar-refractivity contribution in [1.29, 1.82) is 0 Å². The van der Waals surface area contributed by atoms with E-state index in [1.807, 2.05) is 26.1 Å². The van der Waals surface area contributed by atoms with Crippen LogP contribution in [0.25, 0.3) is 0 Å². The lowest BCUT2D eigenvalue weighted by molar-refractivity contribution is -0.137. The van der Waals surface area contributed by atoms with Gasteiger partial charge < -0.3 is 5.32 Å². The minimum absolute atomic E-state index is 0.283. The molecule has 0 aliphatic rings. The zero-order valence-electron chi connectivity index (χ0n) is 19.7. The van der Waals surface area contributed by atoms with Crippen molar-refractivity contribution in [2.75, 3.05) is 6.54 Å². The van der Waals surface area contributed by atoms with Gasteiger partial charge in [0.25, 0.3) is 0 Å². The highest BCUT2D eigenvalue weighted by Crippen LogP contribution is 2.29. The number of halogens is 3. The van der Waals surface area contributed by atoms with Crippen LogP contribution in [-0.2, 0) is 12.6 Å². The molecular formula is C27H35F3N2.